The van der Waals surface area contributed by atoms with E-state index in [1.807, 2.05) is 19.0 Å². The fourth-order valence-electron chi connectivity index (χ4n) is 2.98. The van der Waals surface area contributed by atoms with Gasteiger partial charge in [-0.2, -0.15) is 12.4 Å². The molecule has 11 heteroatoms. The molecule has 1 aromatic carbocycles. The maximum atomic E-state index is 13.4. The van der Waals surface area contributed by atoms with Crippen molar-refractivity contribution in [1.82, 2.24) is 22.8 Å². The Morgan fingerprint density at radius 2 is 1.93 bits per heavy atom. The van der Waals surface area contributed by atoms with Gasteiger partial charge in [0.15, 0.2) is 10.1 Å². The number of fused-ring (bicyclic) bond motifs is 2. The summed E-state index contributed by atoms with van der Waals surface area (Å²) in [6.07, 6.45) is 1.57. The number of imidazole rings is 2. The molecular weight excluding hydrogens is 410 g/mol. The Labute approximate surface area is 163 Å². The zero-order valence-electron chi connectivity index (χ0n) is 14.5. The molecule has 8 nitrogen and oxygen atoms in total. The first kappa shape index (κ1) is 18.2. The quantitative estimate of drug-likeness (QED) is 0.488. The van der Waals surface area contributed by atoms with E-state index in [0.717, 1.165) is 3.97 Å². The van der Waals surface area contributed by atoms with E-state index in [-0.39, 0.29) is 10.2 Å². The van der Waals surface area contributed by atoms with Crippen LogP contribution in [-0.4, -0.2) is 51.9 Å². The van der Waals surface area contributed by atoms with Crippen molar-refractivity contribution >= 4 is 49.0 Å². The molecule has 0 unspecified atom stereocenters. The predicted octanol–water partition coefficient (Wildman–Crippen LogP) is 1.96. The van der Waals surface area contributed by atoms with Gasteiger partial charge in [-0.05, 0) is 26.2 Å². The molecule has 0 amide bonds. The van der Waals surface area contributed by atoms with Crippen LogP contribution in [0.3, 0.4) is 0 Å². The van der Waals surface area contributed by atoms with Crippen LogP contribution in [0, 0.1) is 0 Å². The average molecular weight is 426 g/mol. The smallest absolute Gasteiger partial charge is 0.308 e. The molecule has 0 saturated heterocycles. The largest absolute Gasteiger partial charge is 0.343 e. The Morgan fingerprint density at radius 1 is 1.22 bits per heavy atom. The molecule has 27 heavy (non-hydrogen) atoms. The Hall–Kier alpha value is -2.14. The van der Waals surface area contributed by atoms with Gasteiger partial charge in [-0.1, -0.05) is 23.7 Å². The molecule has 142 valence electrons. The Balaban J connectivity index is 2.01. The van der Waals surface area contributed by atoms with Gasteiger partial charge in [-0.15, -0.1) is 11.3 Å². The zero-order chi connectivity index (χ0) is 19.3. The summed E-state index contributed by atoms with van der Waals surface area (Å²) in [5.41, 5.74) is 0.233. The highest BCUT2D eigenvalue weighted by molar-refractivity contribution is 7.90. The molecule has 0 aliphatic rings. The minimum Gasteiger partial charge on any atom is -0.308 e. The molecule has 0 aliphatic heterocycles. The molecule has 4 rings (SSSR count). The van der Waals surface area contributed by atoms with Crippen molar-refractivity contribution in [2.45, 2.75) is 11.6 Å². The number of halogens is 1. The van der Waals surface area contributed by atoms with Gasteiger partial charge >= 0.3 is 5.69 Å². The van der Waals surface area contributed by atoms with Crippen LogP contribution in [-0.2, 0) is 16.6 Å². The van der Waals surface area contributed by atoms with Crippen molar-refractivity contribution in [2.24, 2.45) is 0 Å². The molecule has 0 atom stereocenters. The van der Waals surface area contributed by atoms with E-state index in [0.29, 0.717) is 29.1 Å². The van der Waals surface area contributed by atoms with Gasteiger partial charge in [0.2, 0.25) is 5.03 Å². The molecule has 0 fully saturated rings. The third kappa shape index (κ3) is 2.80. The lowest BCUT2D eigenvalue weighted by Crippen LogP contribution is -2.32. The van der Waals surface area contributed by atoms with Crippen molar-refractivity contribution in [2.75, 3.05) is 20.6 Å². The molecule has 3 aromatic heterocycles. The second-order valence-electron chi connectivity index (χ2n) is 6.26. The van der Waals surface area contributed by atoms with Crippen molar-refractivity contribution < 1.29 is 8.42 Å². The van der Waals surface area contributed by atoms with Gasteiger partial charge in [0.25, 0.3) is 10.0 Å². The summed E-state index contributed by atoms with van der Waals surface area (Å²) in [7, 11) is -0.474. The number of rotatable bonds is 5. The van der Waals surface area contributed by atoms with E-state index < -0.39 is 15.7 Å². The number of para-hydroxylation sites is 2. The maximum absolute atomic E-state index is 13.4. The Bertz CT molecular complexity index is 1310. The summed E-state index contributed by atoms with van der Waals surface area (Å²) in [5.74, 6) is 0. The number of nitrogens with zero attached hydrogens (tertiary/aromatic N) is 5. The summed E-state index contributed by atoms with van der Waals surface area (Å²) in [4.78, 5) is 19.5. The van der Waals surface area contributed by atoms with Crippen molar-refractivity contribution in [1.29, 1.82) is 0 Å². The SMILES string of the molecule is CN(C)CCn1c(=O)n(S(=O)(=O)c2c(Cl)nc3sccn23)c2ccccc21. The number of likely N-dealkylation sites (N-methyl/N-ethyl adjacent to an activating group) is 1. The Kier molecular flexibility index (Phi) is 4.38. The average Bonchev–Trinajstić information content (AvgIpc) is 3.23. The lowest BCUT2D eigenvalue weighted by molar-refractivity contribution is 0.383. The lowest BCUT2D eigenvalue weighted by Gasteiger charge is -2.09. The van der Waals surface area contributed by atoms with Crippen LogP contribution in [0.1, 0.15) is 0 Å². The van der Waals surface area contributed by atoms with Crippen LogP contribution in [0.2, 0.25) is 5.15 Å². The minimum absolute atomic E-state index is 0.154. The highest BCUT2D eigenvalue weighted by Gasteiger charge is 2.31. The third-order valence-electron chi connectivity index (χ3n) is 4.23. The van der Waals surface area contributed by atoms with Crippen LogP contribution < -0.4 is 5.69 Å². The molecular formula is C16H16ClN5O3S2. The summed E-state index contributed by atoms with van der Waals surface area (Å²) in [5, 5.41) is 1.35. The summed E-state index contributed by atoms with van der Waals surface area (Å²) in [6, 6.07) is 6.81. The molecule has 0 saturated carbocycles. The van der Waals surface area contributed by atoms with Gasteiger partial charge in [-0.25, -0.2) is 9.78 Å². The minimum atomic E-state index is -4.25. The topological polar surface area (TPSA) is 81.6 Å². The monoisotopic (exact) mass is 425 g/mol. The number of aromatic nitrogens is 4. The van der Waals surface area contributed by atoms with Gasteiger partial charge in [0.05, 0.1) is 11.0 Å². The van der Waals surface area contributed by atoms with Crippen molar-refractivity contribution in [3.05, 3.63) is 51.5 Å². The number of thiazole rings is 1. The first-order valence-corrected chi connectivity index (χ1v) is 10.7. The van der Waals surface area contributed by atoms with Gasteiger partial charge in [-0.3, -0.25) is 8.97 Å². The van der Waals surface area contributed by atoms with Crippen LogP contribution >= 0.6 is 22.9 Å². The highest BCUT2D eigenvalue weighted by Crippen LogP contribution is 2.28. The maximum Gasteiger partial charge on any atom is 0.343 e. The van der Waals surface area contributed by atoms with Crippen LogP contribution in [0.25, 0.3) is 16.0 Å². The molecule has 0 bridgehead atoms. The number of hydrogen-bond acceptors (Lipinski definition) is 6. The standard InChI is InChI=1S/C16H16ClN5O3S2/c1-19(2)7-8-20-11-5-3-4-6-12(11)22(16(20)23)27(24,25)14-13(17)18-15-21(14)9-10-26-15/h3-6,9-10H,7-8H2,1-2H3. The van der Waals surface area contributed by atoms with Crippen LogP contribution in [0.4, 0.5) is 0 Å². The van der Waals surface area contributed by atoms with E-state index in [9.17, 15) is 13.2 Å². The van der Waals surface area contributed by atoms with Gasteiger partial charge in [0, 0.05) is 24.7 Å². The third-order valence-corrected chi connectivity index (χ3v) is 7.07. The van der Waals surface area contributed by atoms with E-state index in [4.69, 9.17) is 11.6 Å². The highest BCUT2D eigenvalue weighted by atomic mass is 35.5. The second-order valence-corrected chi connectivity index (χ2v) is 9.19. The lowest BCUT2D eigenvalue weighted by atomic mass is 10.3. The van der Waals surface area contributed by atoms with Gasteiger partial charge < -0.3 is 4.90 Å². The molecule has 0 spiro atoms. The van der Waals surface area contributed by atoms with Crippen LogP contribution in [0.15, 0.2) is 45.7 Å². The number of benzene rings is 1. The van der Waals surface area contributed by atoms with Crippen molar-refractivity contribution in [3.63, 3.8) is 0 Å². The van der Waals surface area contributed by atoms with Crippen LogP contribution in [0.5, 0.6) is 0 Å². The van der Waals surface area contributed by atoms with Gasteiger partial charge in [0.1, 0.15) is 0 Å². The first-order valence-electron chi connectivity index (χ1n) is 8.04. The molecule has 0 radical (unpaired) electrons. The fourth-order valence-corrected chi connectivity index (χ4v) is 5.81. The van der Waals surface area contributed by atoms with E-state index >= 15 is 0 Å². The van der Waals surface area contributed by atoms with E-state index in [1.165, 1.54) is 20.3 Å². The molecule has 0 N–H and O–H groups in total. The summed E-state index contributed by atoms with van der Waals surface area (Å²) >= 11 is 7.39. The normalized spacial score (nSPS) is 12.6. The number of hydrogen-bond donors (Lipinski definition) is 0. The molecule has 0 aliphatic carbocycles. The predicted molar refractivity (Wildman–Crippen MR) is 105 cm³/mol. The Morgan fingerprint density at radius 3 is 2.63 bits per heavy atom. The summed E-state index contributed by atoms with van der Waals surface area (Å²) in [6.45, 7) is 0.957. The van der Waals surface area contributed by atoms with E-state index in [1.54, 1.807) is 35.8 Å². The second kappa shape index (κ2) is 6.48. The summed E-state index contributed by atoms with van der Waals surface area (Å²) < 4.78 is 30.5. The molecule has 3 heterocycles. The zero-order valence-corrected chi connectivity index (χ0v) is 16.9. The fraction of sp³-hybridized carbons (Fsp3) is 0.250. The first-order chi connectivity index (χ1) is 12.8. The van der Waals surface area contributed by atoms with E-state index in [2.05, 4.69) is 4.98 Å². The van der Waals surface area contributed by atoms with Crippen molar-refractivity contribution in [3.8, 4) is 0 Å². The molecule has 4 aromatic rings.